The molecule has 0 radical (unpaired) electrons. The minimum atomic E-state index is -0.380. The number of rotatable bonds is 5. The first-order valence-corrected chi connectivity index (χ1v) is 7.63. The number of hydrogen-bond donors (Lipinski definition) is 1. The average molecular weight is 337 g/mol. The van der Waals surface area contributed by atoms with Crippen molar-refractivity contribution < 1.29 is 18.7 Å². The molecule has 0 aromatic heterocycles. The molecule has 25 heavy (non-hydrogen) atoms. The van der Waals surface area contributed by atoms with Gasteiger partial charge in [0.15, 0.2) is 11.5 Å². The van der Waals surface area contributed by atoms with Crippen LogP contribution >= 0.6 is 0 Å². The van der Waals surface area contributed by atoms with Crippen molar-refractivity contribution in [3.8, 4) is 17.2 Å². The zero-order valence-corrected chi connectivity index (χ0v) is 13.5. The number of anilines is 1. The van der Waals surface area contributed by atoms with Gasteiger partial charge in [-0.05, 0) is 60.7 Å². The molecule has 3 aromatic rings. The second kappa shape index (κ2) is 7.49. The second-order valence-electron chi connectivity index (χ2n) is 5.24. The number of hydrogen-bond acceptors (Lipinski definition) is 3. The van der Waals surface area contributed by atoms with Crippen LogP contribution in [0.1, 0.15) is 10.4 Å². The van der Waals surface area contributed by atoms with Crippen molar-refractivity contribution in [3.05, 3.63) is 84.2 Å². The molecule has 0 saturated heterocycles. The lowest BCUT2D eigenvalue weighted by molar-refractivity contribution is 0.102. The largest absolute Gasteiger partial charge is 0.493 e. The Bertz CT molecular complexity index is 861. The lowest BCUT2D eigenvalue weighted by Gasteiger charge is -2.11. The van der Waals surface area contributed by atoms with Crippen LogP contribution in [0.4, 0.5) is 10.1 Å². The first-order valence-electron chi connectivity index (χ1n) is 7.63. The molecule has 0 aliphatic carbocycles. The molecule has 0 spiro atoms. The lowest BCUT2D eigenvalue weighted by atomic mass is 10.2. The summed E-state index contributed by atoms with van der Waals surface area (Å²) >= 11 is 0. The highest BCUT2D eigenvalue weighted by Gasteiger charge is 2.07. The van der Waals surface area contributed by atoms with E-state index < -0.39 is 0 Å². The van der Waals surface area contributed by atoms with Crippen LogP contribution in [0, 0.1) is 5.82 Å². The SMILES string of the molecule is COc1ccccc1Oc1ccc(NC(=O)c2ccc(F)cc2)cc1. The fraction of sp³-hybridized carbons (Fsp3) is 0.0500. The number of para-hydroxylation sites is 2. The number of carbonyl (C=O) groups excluding carboxylic acids is 1. The Kier molecular flexibility index (Phi) is 4.95. The van der Waals surface area contributed by atoms with Crippen molar-refractivity contribution in [1.29, 1.82) is 0 Å². The van der Waals surface area contributed by atoms with Gasteiger partial charge in [0, 0.05) is 11.3 Å². The molecule has 5 heteroatoms. The Morgan fingerprint density at radius 1 is 0.880 bits per heavy atom. The molecule has 1 N–H and O–H groups in total. The molecule has 0 saturated carbocycles. The van der Waals surface area contributed by atoms with Crippen molar-refractivity contribution in [2.75, 3.05) is 12.4 Å². The zero-order valence-electron chi connectivity index (χ0n) is 13.5. The van der Waals surface area contributed by atoms with E-state index in [0.29, 0.717) is 28.5 Å². The normalized spacial score (nSPS) is 10.2. The lowest BCUT2D eigenvalue weighted by Crippen LogP contribution is -2.11. The van der Waals surface area contributed by atoms with Gasteiger partial charge in [0.2, 0.25) is 0 Å². The Hall–Kier alpha value is -3.34. The van der Waals surface area contributed by atoms with Crippen LogP contribution in [0.25, 0.3) is 0 Å². The van der Waals surface area contributed by atoms with Crippen LogP contribution in [0.3, 0.4) is 0 Å². The van der Waals surface area contributed by atoms with Crippen LogP contribution in [0.5, 0.6) is 17.2 Å². The first kappa shape index (κ1) is 16.5. The van der Waals surface area contributed by atoms with E-state index in [1.54, 1.807) is 31.4 Å². The topological polar surface area (TPSA) is 47.6 Å². The van der Waals surface area contributed by atoms with Gasteiger partial charge in [0.1, 0.15) is 11.6 Å². The van der Waals surface area contributed by atoms with E-state index in [0.717, 1.165) is 0 Å². The van der Waals surface area contributed by atoms with Gasteiger partial charge in [-0.1, -0.05) is 12.1 Å². The molecule has 4 nitrogen and oxygen atoms in total. The van der Waals surface area contributed by atoms with Crippen LogP contribution < -0.4 is 14.8 Å². The number of carbonyl (C=O) groups is 1. The molecule has 1 amide bonds. The Morgan fingerprint density at radius 3 is 2.16 bits per heavy atom. The highest BCUT2D eigenvalue weighted by atomic mass is 19.1. The third kappa shape index (κ3) is 4.14. The van der Waals surface area contributed by atoms with Crippen LogP contribution in [0.2, 0.25) is 0 Å². The molecular weight excluding hydrogens is 321 g/mol. The summed E-state index contributed by atoms with van der Waals surface area (Å²) in [5.74, 6) is 1.17. The summed E-state index contributed by atoms with van der Waals surface area (Å²) in [7, 11) is 1.58. The van der Waals surface area contributed by atoms with E-state index >= 15 is 0 Å². The minimum Gasteiger partial charge on any atom is -0.493 e. The molecule has 0 atom stereocenters. The quantitative estimate of drug-likeness (QED) is 0.722. The molecule has 0 bridgehead atoms. The third-order valence-corrected chi connectivity index (χ3v) is 3.52. The van der Waals surface area contributed by atoms with Gasteiger partial charge in [0.05, 0.1) is 7.11 Å². The van der Waals surface area contributed by atoms with Crippen molar-refractivity contribution >= 4 is 11.6 Å². The van der Waals surface area contributed by atoms with Crippen LogP contribution in [-0.2, 0) is 0 Å². The summed E-state index contributed by atoms with van der Waals surface area (Å²) in [6.45, 7) is 0. The number of nitrogens with one attached hydrogen (secondary N) is 1. The number of benzene rings is 3. The maximum Gasteiger partial charge on any atom is 0.255 e. The molecule has 0 heterocycles. The molecule has 0 fully saturated rings. The van der Waals surface area contributed by atoms with Gasteiger partial charge < -0.3 is 14.8 Å². The highest BCUT2D eigenvalue weighted by Crippen LogP contribution is 2.31. The van der Waals surface area contributed by atoms with Crippen LogP contribution in [-0.4, -0.2) is 13.0 Å². The highest BCUT2D eigenvalue weighted by molar-refractivity contribution is 6.04. The number of methoxy groups -OCH3 is 1. The van der Waals surface area contributed by atoms with Crippen molar-refractivity contribution in [2.24, 2.45) is 0 Å². The van der Waals surface area contributed by atoms with Gasteiger partial charge in [-0.15, -0.1) is 0 Å². The number of halogens is 1. The molecule has 3 aromatic carbocycles. The predicted octanol–water partition coefficient (Wildman–Crippen LogP) is 4.88. The third-order valence-electron chi connectivity index (χ3n) is 3.52. The van der Waals surface area contributed by atoms with Gasteiger partial charge in [-0.2, -0.15) is 0 Å². The molecule has 126 valence electrons. The fourth-order valence-electron chi connectivity index (χ4n) is 2.24. The monoisotopic (exact) mass is 337 g/mol. The maximum absolute atomic E-state index is 12.9. The smallest absolute Gasteiger partial charge is 0.255 e. The van der Waals surface area contributed by atoms with E-state index in [-0.39, 0.29) is 11.7 Å². The Morgan fingerprint density at radius 2 is 1.52 bits per heavy atom. The predicted molar refractivity (Wildman–Crippen MR) is 93.9 cm³/mol. The van der Waals surface area contributed by atoms with Crippen LogP contribution in [0.15, 0.2) is 72.8 Å². The summed E-state index contributed by atoms with van der Waals surface area (Å²) in [6, 6.07) is 19.6. The van der Waals surface area contributed by atoms with Crippen molar-refractivity contribution in [2.45, 2.75) is 0 Å². The van der Waals surface area contributed by atoms with E-state index in [1.807, 2.05) is 24.3 Å². The maximum atomic E-state index is 12.9. The summed E-state index contributed by atoms with van der Waals surface area (Å²) in [5.41, 5.74) is 0.998. The first-order chi connectivity index (χ1) is 12.2. The van der Waals surface area contributed by atoms with Crippen molar-refractivity contribution in [1.82, 2.24) is 0 Å². The van der Waals surface area contributed by atoms with E-state index in [2.05, 4.69) is 5.32 Å². The summed E-state index contributed by atoms with van der Waals surface area (Å²) < 4.78 is 23.9. The standard InChI is InChI=1S/C20H16FNO3/c1-24-18-4-2-3-5-19(18)25-17-12-10-16(11-13-17)22-20(23)14-6-8-15(21)9-7-14/h2-13H,1H3,(H,22,23). The van der Waals surface area contributed by atoms with E-state index in [4.69, 9.17) is 9.47 Å². The summed E-state index contributed by atoms with van der Waals surface area (Å²) in [5, 5.41) is 2.75. The van der Waals surface area contributed by atoms with E-state index in [9.17, 15) is 9.18 Å². The Labute approximate surface area is 144 Å². The molecule has 0 aliphatic rings. The molecular formula is C20H16FNO3. The minimum absolute atomic E-state index is 0.307. The summed E-state index contributed by atoms with van der Waals surface area (Å²) in [4.78, 5) is 12.1. The average Bonchev–Trinajstić information content (AvgIpc) is 2.64. The van der Waals surface area contributed by atoms with Gasteiger partial charge in [0.25, 0.3) is 5.91 Å². The molecule has 0 unspecified atom stereocenters. The van der Waals surface area contributed by atoms with Gasteiger partial charge in [-0.3, -0.25) is 4.79 Å². The zero-order chi connectivity index (χ0) is 17.6. The number of amides is 1. The van der Waals surface area contributed by atoms with Gasteiger partial charge in [-0.25, -0.2) is 4.39 Å². The number of ether oxygens (including phenoxy) is 2. The van der Waals surface area contributed by atoms with Gasteiger partial charge >= 0.3 is 0 Å². The fourth-order valence-corrected chi connectivity index (χ4v) is 2.24. The van der Waals surface area contributed by atoms with Crippen molar-refractivity contribution in [3.63, 3.8) is 0 Å². The Balaban J connectivity index is 1.68. The van der Waals surface area contributed by atoms with E-state index in [1.165, 1.54) is 24.3 Å². The molecule has 0 aliphatic heterocycles. The summed E-state index contributed by atoms with van der Waals surface area (Å²) in [6.07, 6.45) is 0. The second-order valence-corrected chi connectivity index (χ2v) is 5.24. The molecule has 3 rings (SSSR count).